The Labute approximate surface area is 199 Å². The van der Waals surface area contributed by atoms with Gasteiger partial charge in [-0.2, -0.15) is 0 Å². The minimum Gasteiger partial charge on any atom is -0.484 e. The minimum atomic E-state index is -0.134. The number of rotatable bonds is 8. The number of aryl methyl sites for hydroxylation is 1. The largest absolute Gasteiger partial charge is 0.484 e. The van der Waals surface area contributed by atoms with E-state index in [1.165, 1.54) is 18.4 Å². The van der Waals surface area contributed by atoms with E-state index in [2.05, 4.69) is 45.5 Å². The maximum absolute atomic E-state index is 12.7. The minimum absolute atomic E-state index is 0.0257. The highest BCUT2D eigenvalue weighted by Gasteiger charge is 2.19. The summed E-state index contributed by atoms with van der Waals surface area (Å²) in [6, 6.07) is 15.9. The molecule has 0 atom stereocenters. The zero-order valence-electron chi connectivity index (χ0n) is 19.5. The van der Waals surface area contributed by atoms with E-state index in [1.807, 2.05) is 0 Å². The molecular weight excluding hydrogens is 428 g/mol. The first-order chi connectivity index (χ1) is 16.7. The van der Waals surface area contributed by atoms with Gasteiger partial charge in [-0.3, -0.25) is 19.1 Å². The number of aromatic nitrogens is 2. The first kappa shape index (κ1) is 22.6. The Hall–Kier alpha value is -3.19. The normalized spacial score (nSPS) is 16.5. The number of ether oxygens (including phenoxy) is 1. The lowest BCUT2D eigenvalue weighted by molar-refractivity contribution is -0.123. The van der Waals surface area contributed by atoms with Gasteiger partial charge in [0.2, 0.25) is 0 Å². The molecule has 2 aliphatic heterocycles. The summed E-state index contributed by atoms with van der Waals surface area (Å²) in [5.41, 5.74) is 2.03. The molecule has 1 fully saturated rings. The Bertz CT molecular complexity index is 1200. The van der Waals surface area contributed by atoms with Crippen LogP contribution in [0.3, 0.4) is 0 Å². The van der Waals surface area contributed by atoms with Crippen LogP contribution >= 0.6 is 0 Å². The third kappa shape index (κ3) is 5.30. The fourth-order valence-electron chi connectivity index (χ4n) is 5.04. The van der Waals surface area contributed by atoms with Crippen LogP contribution in [0.1, 0.15) is 37.1 Å². The monoisotopic (exact) mass is 460 g/mol. The van der Waals surface area contributed by atoms with Crippen molar-refractivity contribution in [3.8, 4) is 5.75 Å². The molecule has 5 rings (SSSR count). The number of hydrogen-bond acceptors (Lipinski definition) is 5. The fraction of sp³-hybridized carbons (Fsp3) is 0.444. The Kier molecular flexibility index (Phi) is 6.90. The van der Waals surface area contributed by atoms with E-state index in [0.29, 0.717) is 29.1 Å². The van der Waals surface area contributed by atoms with Crippen molar-refractivity contribution < 1.29 is 9.53 Å². The number of hydrogen-bond donors (Lipinski definition) is 1. The number of benzene rings is 2. The van der Waals surface area contributed by atoms with Gasteiger partial charge < -0.3 is 10.1 Å². The predicted molar refractivity (Wildman–Crippen MR) is 132 cm³/mol. The average Bonchev–Trinajstić information content (AvgIpc) is 3.34. The van der Waals surface area contributed by atoms with Crippen molar-refractivity contribution in [1.29, 1.82) is 0 Å². The molecule has 2 aliphatic rings. The van der Waals surface area contributed by atoms with Gasteiger partial charge in [-0.15, -0.1) is 0 Å². The first-order valence-electron chi connectivity index (χ1n) is 12.3. The van der Waals surface area contributed by atoms with Gasteiger partial charge in [0.15, 0.2) is 6.61 Å². The number of fused-ring (bicyclic) bond motifs is 2. The van der Waals surface area contributed by atoms with Crippen molar-refractivity contribution in [3.63, 3.8) is 0 Å². The van der Waals surface area contributed by atoms with E-state index in [0.717, 1.165) is 51.3 Å². The van der Waals surface area contributed by atoms with Crippen LogP contribution in [-0.4, -0.2) is 46.6 Å². The molecular formula is C27H32N4O3. The molecule has 0 saturated carbocycles. The van der Waals surface area contributed by atoms with E-state index >= 15 is 0 Å². The second-order valence-electron chi connectivity index (χ2n) is 9.40. The summed E-state index contributed by atoms with van der Waals surface area (Å²) in [5, 5.41) is 3.52. The molecule has 1 amide bonds. The van der Waals surface area contributed by atoms with Crippen LogP contribution in [-0.2, 0) is 24.3 Å². The molecule has 2 aromatic carbocycles. The highest BCUT2D eigenvalue weighted by molar-refractivity contribution is 5.80. The van der Waals surface area contributed by atoms with Gasteiger partial charge in [-0.25, -0.2) is 4.98 Å². The molecule has 0 bridgehead atoms. The molecule has 1 N–H and O–H groups in total. The van der Waals surface area contributed by atoms with Gasteiger partial charge in [0, 0.05) is 26.1 Å². The number of nitrogens with one attached hydrogen (secondary N) is 1. The van der Waals surface area contributed by atoms with Gasteiger partial charge in [0.1, 0.15) is 11.6 Å². The van der Waals surface area contributed by atoms with E-state index < -0.39 is 0 Å². The van der Waals surface area contributed by atoms with Gasteiger partial charge in [-0.1, -0.05) is 30.3 Å². The third-order valence-electron chi connectivity index (χ3n) is 6.99. The molecule has 3 heterocycles. The fourth-order valence-corrected chi connectivity index (χ4v) is 5.04. The van der Waals surface area contributed by atoms with Crippen molar-refractivity contribution >= 4 is 16.8 Å². The number of nitrogens with zero attached hydrogens (tertiary/aromatic N) is 3. The highest BCUT2D eigenvalue weighted by Crippen LogP contribution is 2.22. The van der Waals surface area contributed by atoms with E-state index in [4.69, 9.17) is 4.74 Å². The molecule has 178 valence electrons. The molecule has 0 aliphatic carbocycles. The van der Waals surface area contributed by atoms with Crippen LogP contribution < -0.4 is 15.6 Å². The summed E-state index contributed by atoms with van der Waals surface area (Å²) >= 11 is 0. The molecule has 0 spiro atoms. The van der Waals surface area contributed by atoms with Crippen molar-refractivity contribution in [2.45, 2.75) is 45.2 Å². The quantitative estimate of drug-likeness (QED) is 0.559. The summed E-state index contributed by atoms with van der Waals surface area (Å²) in [4.78, 5) is 32.1. The average molecular weight is 461 g/mol. The second-order valence-corrected chi connectivity index (χ2v) is 9.40. The number of amides is 1. The first-order valence-corrected chi connectivity index (χ1v) is 12.3. The summed E-state index contributed by atoms with van der Waals surface area (Å²) < 4.78 is 7.41. The van der Waals surface area contributed by atoms with Crippen molar-refractivity contribution in [1.82, 2.24) is 19.8 Å². The van der Waals surface area contributed by atoms with Crippen LogP contribution in [0.4, 0.5) is 0 Å². The zero-order valence-corrected chi connectivity index (χ0v) is 19.5. The third-order valence-corrected chi connectivity index (χ3v) is 6.99. The Balaban J connectivity index is 1.04. The maximum Gasteiger partial charge on any atom is 0.261 e. The second kappa shape index (κ2) is 10.4. The van der Waals surface area contributed by atoms with Crippen molar-refractivity contribution in [2.75, 3.05) is 26.2 Å². The molecule has 3 aromatic rings. The van der Waals surface area contributed by atoms with Crippen LogP contribution in [0.2, 0.25) is 0 Å². The van der Waals surface area contributed by atoms with E-state index in [9.17, 15) is 9.59 Å². The lowest BCUT2D eigenvalue weighted by atomic mass is 9.93. The lowest BCUT2D eigenvalue weighted by Gasteiger charge is -2.32. The van der Waals surface area contributed by atoms with Gasteiger partial charge >= 0.3 is 0 Å². The molecule has 1 aromatic heterocycles. The van der Waals surface area contributed by atoms with Gasteiger partial charge in [-0.05, 0) is 68.5 Å². The molecule has 34 heavy (non-hydrogen) atoms. The summed E-state index contributed by atoms with van der Waals surface area (Å²) in [6.45, 7) is 4.56. The molecule has 0 unspecified atom stereocenters. The van der Waals surface area contributed by atoms with Crippen LogP contribution in [0.15, 0.2) is 53.3 Å². The van der Waals surface area contributed by atoms with Crippen LogP contribution in [0.25, 0.3) is 10.9 Å². The lowest BCUT2D eigenvalue weighted by Crippen LogP contribution is -2.35. The zero-order chi connectivity index (χ0) is 23.3. The summed E-state index contributed by atoms with van der Waals surface area (Å²) in [6.07, 6.45) is 5.13. The van der Waals surface area contributed by atoms with Crippen LogP contribution in [0.5, 0.6) is 5.75 Å². The number of piperidine rings is 1. The standard InChI is InChI=1S/C27H32N4O3/c32-26(28-13-10-20-11-15-30(16-12-20)18-21-5-2-1-3-6-21)19-34-22-8-9-24-23(17-22)27(33)31-14-4-7-25(31)29-24/h1-3,5-6,8-9,17,20H,4,7,10-16,18-19H2,(H,28,32). The maximum atomic E-state index is 12.7. The smallest absolute Gasteiger partial charge is 0.261 e. The van der Waals surface area contributed by atoms with Gasteiger partial charge in [0.25, 0.3) is 11.5 Å². The highest BCUT2D eigenvalue weighted by atomic mass is 16.5. The predicted octanol–water partition coefficient (Wildman–Crippen LogP) is 3.14. The molecule has 7 heteroatoms. The van der Waals surface area contributed by atoms with Crippen molar-refractivity contribution in [3.05, 3.63) is 70.3 Å². The molecule has 7 nitrogen and oxygen atoms in total. The Morgan fingerprint density at radius 3 is 2.74 bits per heavy atom. The van der Waals surface area contributed by atoms with E-state index in [1.54, 1.807) is 22.8 Å². The summed E-state index contributed by atoms with van der Waals surface area (Å²) in [5.74, 6) is 1.89. The molecule has 0 radical (unpaired) electrons. The van der Waals surface area contributed by atoms with E-state index in [-0.39, 0.29) is 18.1 Å². The topological polar surface area (TPSA) is 76.5 Å². The van der Waals surface area contributed by atoms with Crippen molar-refractivity contribution in [2.24, 2.45) is 5.92 Å². The van der Waals surface area contributed by atoms with Crippen LogP contribution in [0, 0.1) is 5.92 Å². The number of carbonyl (C=O) groups is 1. The molecule has 1 saturated heterocycles. The SMILES string of the molecule is O=C(COc1ccc2nc3n(c(=O)c2c1)CCC3)NCCC1CCN(Cc2ccccc2)CC1. The summed E-state index contributed by atoms with van der Waals surface area (Å²) in [7, 11) is 0. The number of carbonyl (C=O) groups excluding carboxylic acids is 1. The number of likely N-dealkylation sites (tertiary alicyclic amines) is 1. The Morgan fingerprint density at radius 1 is 1.09 bits per heavy atom. The van der Waals surface area contributed by atoms with Gasteiger partial charge in [0.05, 0.1) is 10.9 Å². The Morgan fingerprint density at radius 2 is 1.91 bits per heavy atom.